The third-order valence-electron chi connectivity index (χ3n) is 1.46. The molecule has 0 aromatic heterocycles. The maximum Gasteiger partial charge on any atom is 0.333 e. The van der Waals surface area contributed by atoms with Crippen molar-refractivity contribution in [3.8, 4) is 0 Å². The molecule has 2 nitrogen and oxygen atoms in total. The number of methoxy groups -OCH3 is 1. The minimum absolute atomic E-state index is 0.328. The van der Waals surface area contributed by atoms with Gasteiger partial charge in [-0.1, -0.05) is 18.2 Å². The molecule has 62 valence electrons. The molecule has 0 radical (unpaired) electrons. The van der Waals surface area contributed by atoms with Crippen molar-refractivity contribution in [3.05, 3.63) is 23.8 Å². The number of ether oxygens (including phenoxy) is 1. The van der Waals surface area contributed by atoms with Crippen molar-refractivity contribution in [3.63, 3.8) is 0 Å². The maximum atomic E-state index is 10.8. The predicted octanol–water partition coefficient (Wildman–Crippen LogP) is 2.07. The first-order chi connectivity index (χ1) is 5.11. The zero-order valence-electron chi connectivity index (χ0n) is 7.31. The van der Waals surface area contributed by atoms with Crippen LogP contribution in [0, 0.1) is 0 Å². The minimum Gasteiger partial charge on any atom is -0.466 e. The molecule has 0 rings (SSSR count). The molecular formula is C9H14O2. The Labute approximate surface area is 67.6 Å². The summed E-state index contributed by atoms with van der Waals surface area (Å²) in [6, 6.07) is 0. The smallest absolute Gasteiger partial charge is 0.333 e. The van der Waals surface area contributed by atoms with Crippen molar-refractivity contribution < 1.29 is 9.53 Å². The molecule has 0 aliphatic rings. The highest BCUT2D eigenvalue weighted by atomic mass is 16.5. The molecule has 0 aliphatic heterocycles. The average Bonchev–Trinajstić information content (AvgIpc) is 2.02. The predicted molar refractivity (Wildman–Crippen MR) is 45.2 cm³/mol. The van der Waals surface area contributed by atoms with Crippen molar-refractivity contribution in [1.82, 2.24) is 0 Å². The van der Waals surface area contributed by atoms with Crippen molar-refractivity contribution in [2.75, 3.05) is 7.11 Å². The Bertz CT molecular complexity index is 190. The molecule has 0 aliphatic carbocycles. The molecule has 0 unspecified atom stereocenters. The van der Waals surface area contributed by atoms with Gasteiger partial charge in [0, 0.05) is 5.57 Å². The van der Waals surface area contributed by atoms with Crippen molar-refractivity contribution >= 4 is 5.97 Å². The molecule has 0 amide bonds. The summed E-state index contributed by atoms with van der Waals surface area (Å²) in [6.45, 7) is 7.48. The summed E-state index contributed by atoms with van der Waals surface area (Å²) in [5.74, 6) is -0.328. The second-order valence-electron chi connectivity index (χ2n) is 2.41. The zero-order chi connectivity index (χ0) is 8.85. The van der Waals surface area contributed by atoms with Gasteiger partial charge < -0.3 is 4.74 Å². The van der Waals surface area contributed by atoms with Gasteiger partial charge in [-0.15, -0.1) is 0 Å². The van der Waals surface area contributed by atoms with E-state index in [4.69, 9.17) is 0 Å². The van der Waals surface area contributed by atoms with Crippen LogP contribution in [0.1, 0.15) is 20.3 Å². The summed E-state index contributed by atoms with van der Waals surface area (Å²) in [5.41, 5.74) is 1.63. The summed E-state index contributed by atoms with van der Waals surface area (Å²) in [4.78, 5) is 10.8. The van der Waals surface area contributed by atoms with E-state index >= 15 is 0 Å². The number of esters is 1. The van der Waals surface area contributed by atoms with Crippen LogP contribution in [0.2, 0.25) is 0 Å². The lowest BCUT2D eigenvalue weighted by atomic mass is 10.1. The van der Waals surface area contributed by atoms with E-state index in [9.17, 15) is 4.79 Å². The summed E-state index contributed by atoms with van der Waals surface area (Å²) in [5, 5.41) is 0. The molecule has 2 heteroatoms. The first-order valence-electron chi connectivity index (χ1n) is 3.49. The number of rotatable bonds is 3. The van der Waals surface area contributed by atoms with Gasteiger partial charge in [0.05, 0.1) is 7.11 Å². The number of hydrogen-bond acceptors (Lipinski definition) is 2. The van der Waals surface area contributed by atoms with E-state index in [0.717, 1.165) is 5.57 Å². The lowest BCUT2D eigenvalue weighted by Gasteiger charge is -2.02. The first kappa shape index (κ1) is 9.95. The van der Waals surface area contributed by atoms with Crippen molar-refractivity contribution in [1.29, 1.82) is 0 Å². The largest absolute Gasteiger partial charge is 0.466 e. The fourth-order valence-electron chi connectivity index (χ4n) is 0.655. The van der Waals surface area contributed by atoms with E-state index in [1.54, 1.807) is 0 Å². The maximum absolute atomic E-state index is 10.8. The summed E-state index contributed by atoms with van der Waals surface area (Å²) >= 11 is 0. The quantitative estimate of drug-likeness (QED) is 0.353. The zero-order valence-corrected chi connectivity index (χ0v) is 7.31. The van der Waals surface area contributed by atoms with E-state index in [1.807, 2.05) is 19.9 Å². The van der Waals surface area contributed by atoms with E-state index in [1.165, 1.54) is 7.11 Å². The standard InChI is InChI=1S/C9H14O2/c1-5-7(2)6-8(3)9(10)11-4/h5H,3,6H2,1-2,4H3/b7-5+. The van der Waals surface area contributed by atoms with Gasteiger partial charge in [-0.25, -0.2) is 4.79 Å². The third-order valence-corrected chi connectivity index (χ3v) is 1.46. The molecule has 0 fully saturated rings. The summed E-state index contributed by atoms with van der Waals surface area (Å²) in [6.07, 6.45) is 2.55. The Kier molecular flexibility index (Phi) is 4.27. The Morgan fingerprint density at radius 3 is 2.55 bits per heavy atom. The Morgan fingerprint density at radius 1 is 1.64 bits per heavy atom. The van der Waals surface area contributed by atoms with Gasteiger partial charge in [-0.2, -0.15) is 0 Å². The highest BCUT2D eigenvalue weighted by molar-refractivity contribution is 5.88. The monoisotopic (exact) mass is 154 g/mol. The molecule has 0 spiro atoms. The number of carbonyl (C=O) groups excluding carboxylic acids is 1. The Hall–Kier alpha value is -1.05. The molecular weight excluding hydrogens is 140 g/mol. The van der Waals surface area contributed by atoms with Gasteiger partial charge in [0.25, 0.3) is 0 Å². The van der Waals surface area contributed by atoms with Gasteiger partial charge in [0.15, 0.2) is 0 Å². The van der Waals surface area contributed by atoms with E-state index in [0.29, 0.717) is 12.0 Å². The molecule has 0 aromatic carbocycles. The van der Waals surface area contributed by atoms with Crippen molar-refractivity contribution in [2.45, 2.75) is 20.3 Å². The van der Waals surface area contributed by atoms with Crippen molar-refractivity contribution in [2.24, 2.45) is 0 Å². The van der Waals surface area contributed by atoms with Crippen LogP contribution in [-0.2, 0) is 9.53 Å². The first-order valence-corrected chi connectivity index (χ1v) is 3.49. The van der Waals surface area contributed by atoms with Crippen LogP contribution in [0.25, 0.3) is 0 Å². The second-order valence-corrected chi connectivity index (χ2v) is 2.41. The van der Waals surface area contributed by atoms with Gasteiger partial charge in [-0.05, 0) is 20.3 Å². The summed E-state index contributed by atoms with van der Waals surface area (Å²) < 4.78 is 4.49. The molecule has 11 heavy (non-hydrogen) atoms. The van der Waals surface area contributed by atoms with Crippen LogP contribution in [0.3, 0.4) is 0 Å². The summed E-state index contributed by atoms with van der Waals surface area (Å²) in [7, 11) is 1.36. The molecule has 0 saturated carbocycles. The van der Waals surface area contributed by atoms with Gasteiger partial charge >= 0.3 is 5.97 Å². The van der Waals surface area contributed by atoms with Crippen LogP contribution in [0.5, 0.6) is 0 Å². The number of hydrogen-bond donors (Lipinski definition) is 0. The van der Waals surface area contributed by atoms with Crippen LogP contribution in [0.15, 0.2) is 23.8 Å². The normalized spacial score (nSPS) is 11.0. The Balaban J connectivity index is 3.98. The fourth-order valence-corrected chi connectivity index (χ4v) is 0.655. The lowest BCUT2D eigenvalue weighted by Crippen LogP contribution is -2.03. The number of allylic oxidation sites excluding steroid dienone is 2. The van der Waals surface area contributed by atoms with Crippen LogP contribution in [0.4, 0.5) is 0 Å². The minimum atomic E-state index is -0.328. The molecule has 0 heterocycles. The van der Waals surface area contributed by atoms with Crippen LogP contribution >= 0.6 is 0 Å². The van der Waals surface area contributed by atoms with Crippen LogP contribution < -0.4 is 0 Å². The highest BCUT2D eigenvalue weighted by Gasteiger charge is 2.05. The molecule has 0 aromatic rings. The SMILES string of the molecule is C=C(C/C(C)=C/C)C(=O)OC. The molecule has 0 atom stereocenters. The topological polar surface area (TPSA) is 26.3 Å². The molecule has 0 bridgehead atoms. The third kappa shape index (κ3) is 3.61. The van der Waals surface area contributed by atoms with E-state index in [-0.39, 0.29) is 5.97 Å². The van der Waals surface area contributed by atoms with Crippen LogP contribution in [-0.4, -0.2) is 13.1 Å². The number of carbonyl (C=O) groups is 1. The van der Waals surface area contributed by atoms with E-state index < -0.39 is 0 Å². The van der Waals surface area contributed by atoms with Gasteiger partial charge in [0.1, 0.15) is 0 Å². The van der Waals surface area contributed by atoms with Gasteiger partial charge in [-0.3, -0.25) is 0 Å². The fraction of sp³-hybridized carbons (Fsp3) is 0.444. The van der Waals surface area contributed by atoms with Gasteiger partial charge in [0.2, 0.25) is 0 Å². The molecule has 0 N–H and O–H groups in total. The Morgan fingerprint density at radius 2 is 2.18 bits per heavy atom. The second kappa shape index (κ2) is 4.72. The highest BCUT2D eigenvalue weighted by Crippen LogP contribution is 2.08. The van der Waals surface area contributed by atoms with E-state index in [2.05, 4.69) is 11.3 Å². The average molecular weight is 154 g/mol. The molecule has 0 saturated heterocycles. The lowest BCUT2D eigenvalue weighted by molar-refractivity contribution is -0.136.